The van der Waals surface area contributed by atoms with Gasteiger partial charge in [-0.1, -0.05) is 48.0 Å². The van der Waals surface area contributed by atoms with Crippen LogP contribution in [0.2, 0.25) is 5.02 Å². The fourth-order valence-electron chi connectivity index (χ4n) is 2.12. The van der Waals surface area contributed by atoms with E-state index in [-0.39, 0.29) is 23.3 Å². The summed E-state index contributed by atoms with van der Waals surface area (Å²) in [4.78, 5) is 11.9. The summed E-state index contributed by atoms with van der Waals surface area (Å²) in [5.74, 6) is -0.385. The maximum atomic E-state index is 11.9. The zero-order valence-electron chi connectivity index (χ0n) is 12.0. The van der Waals surface area contributed by atoms with Gasteiger partial charge in [0.05, 0.1) is 17.2 Å². The molecule has 0 saturated heterocycles. The van der Waals surface area contributed by atoms with Crippen LogP contribution in [0.15, 0.2) is 61.2 Å². The maximum absolute atomic E-state index is 11.9. The lowest BCUT2D eigenvalue weighted by Gasteiger charge is -2.13. The summed E-state index contributed by atoms with van der Waals surface area (Å²) >= 11 is 5.77. The molecule has 0 aliphatic carbocycles. The van der Waals surface area contributed by atoms with Crippen molar-refractivity contribution in [1.29, 1.82) is 0 Å². The molecule has 0 aliphatic rings. The molecule has 0 fully saturated rings. The second kappa shape index (κ2) is 7.66. The zero-order valence-corrected chi connectivity index (χ0v) is 12.8. The summed E-state index contributed by atoms with van der Waals surface area (Å²) in [7, 11) is 0. The van der Waals surface area contributed by atoms with E-state index in [0.29, 0.717) is 12.0 Å². The van der Waals surface area contributed by atoms with Gasteiger partial charge in [-0.05, 0) is 30.2 Å². The number of hydrogen-bond donors (Lipinski definition) is 1. The van der Waals surface area contributed by atoms with Gasteiger partial charge in [0, 0.05) is 5.92 Å². The lowest BCUT2D eigenvalue weighted by Crippen LogP contribution is -2.09. The van der Waals surface area contributed by atoms with Gasteiger partial charge >= 0.3 is 5.97 Å². The molecule has 0 radical (unpaired) electrons. The van der Waals surface area contributed by atoms with Gasteiger partial charge in [-0.2, -0.15) is 0 Å². The van der Waals surface area contributed by atoms with Crippen LogP contribution >= 0.6 is 11.6 Å². The highest BCUT2D eigenvalue weighted by Gasteiger charge is 2.12. The van der Waals surface area contributed by atoms with Crippen molar-refractivity contribution in [2.24, 2.45) is 0 Å². The van der Waals surface area contributed by atoms with Gasteiger partial charge in [-0.25, -0.2) is 4.79 Å². The molecule has 1 atom stereocenters. The first-order chi connectivity index (χ1) is 10.6. The number of aromatic hydroxyl groups is 1. The van der Waals surface area contributed by atoms with Gasteiger partial charge < -0.3 is 9.84 Å². The van der Waals surface area contributed by atoms with Crippen LogP contribution in [0.3, 0.4) is 0 Å². The summed E-state index contributed by atoms with van der Waals surface area (Å²) in [6.45, 7) is 4.11. The highest BCUT2D eigenvalue weighted by atomic mass is 35.5. The fourth-order valence-corrected chi connectivity index (χ4v) is 2.30. The average molecular weight is 317 g/mol. The van der Waals surface area contributed by atoms with E-state index in [0.717, 1.165) is 5.56 Å². The van der Waals surface area contributed by atoms with Crippen LogP contribution in [0.5, 0.6) is 5.75 Å². The molecule has 2 aromatic rings. The minimum Gasteiger partial charge on any atom is -0.506 e. The van der Waals surface area contributed by atoms with Crippen molar-refractivity contribution < 1.29 is 14.6 Å². The Bertz CT molecular complexity index is 653. The maximum Gasteiger partial charge on any atom is 0.338 e. The van der Waals surface area contributed by atoms with Crippen LogP contribution in [-0.4, -0.2) is 17.7 Å². The Morgan fingerprint density at radius 1 is 1.27 bits per heavy atom. The minimum absolute atomic E-state index is 0.0611. The molecule has 0 amide bonds. The number of carbonyl (C=O) groups excluding carboxylic acids is 1. The van der Waals surface area contributed by atoms with Crippen LogP contribution in [0, 0.1) is 0 Å². The third-order valence-corrected chi connectivity index (χ3v) is 3.66. The molecule has 22 heavy (non-hydrogen) atoms. The van der Waals surface area contributed by atoms with Crippen LogP contribution in [0.4, 0.5) is 0 Å². The molecule has 0 spiro atoms. The van der Waals surface area contributed by atoms with Crippen molar-refractivity contribution in [3.05, 3.63) is 77.3 Å². The second-order valence-corrected chi connectivity index (χ2v) is 5.25. The van der Waals surface area contributed by atoms with E-state index in [9.17, 15) is 9.90 Å². The Morgan fingerprint density at radius 3 is 2.64 bits per heavy atom. The van der Waals surface area contributed by atoms with Crippen molar-refractivity contribution >= 4 is 17.6 Å². The molecule has 0 aliphatic heterocycles. The summed E-state index contributed by atoms with van der Waals surface area (Å²) in [5.41, 5.74) is 1.46. The summed E-state index contributed by atoms with van der Waals surface area (Å²) in [5, 5.41) is 9.46. The van der Waals surface area contributed by atoms with Gasteiger partial charge in [-0.3, -0.25) is 0 Å². The quantitative estimate of drug-likeness (QED) is 0.627. The van der Waals surface area contributed by atoms with Crippen molar-refractivity contribution in [1.82, 2.24) is 0 Å². The van der Waals surface area contributed by atoms with Gasteiger partial charge in [0.25, 0.3) is 0 Å². The van der Waals surface area contributed by atoms with Crippen molar-refractivity contribution in [2.75, 3.05) is 6.61 Å². The number of ether oxygens (including phenoxy) is 1. The number of phenolic OH excluding ortho intramolecular Hbond substituents is 1. The van der Waals surface area contributed by atoms with E-state index >= 15 is 0 Å². The Morgan fingerprint density at radius 2 is 2.00 bits per heavy atom. The molecule has 114 valence electrons. The number of benzene rings is 2. The van der Waals surface area contributed by atoms with E-state index in [1.54, 1.807) is 0 Å². The Hall–Kier alpha value is -2.26. The Kier molecular flexibility index (Phi) is 5.61. The summed E-state index contributed by atoms with van der Waals surface area (Å²) in [6.07, 6.45) is 2.51. The standard InChI is InChI=1S/C18H17ClO3/c1-2-13(14-6-4-3-5-7-14)10-11-22-18(21)15-8-9-17(20)16(19)12-15/h2-9,12-13,20H,1,10-11H2. The minimum atomic E-state index is -0.460. The first kappa shape index (κ1) is 16.1. The molecule has 0 aromatic heterocycles. The highest BCUT2D eigenvalue weighted by molar-refractivity contribution is 6.32. The molecule has 3 nitrogen and oxygen atoms in total. The molecule has 2 rings (SSSR count). The molecule has 0 saturated carbocycles. The van der Waals surface area contributed by atoms with E-state index < -0.39 is 5.97 Å². The number of allylic oxidation sites excluding steroid dienone is 1. The van der Waals surface area contributed by atoms with Crippen LogP contribution in [0.1, 0.15) is 28.3 Å². The number of hydrogen-bond acceptors (Lipinski definition) is 3. The molecule has 2 aromatic carbocycles. The molecule has 4 heteroatoms. The lowest BCUT2D eigenvalue weighted by molar-refractivity contribution is 0.0497. The highest BCUT2D eigenvalue weighted by Crippen LogP contribution is 2.24. The molecular weight excluding hydrogens is 300 g/mol. The molecule has 0 heterocycles. The van der Waals surface area contributed by atoms with Gasteiger partial charge in [0.2, 0.25) is 0 Å². The number of rotatable bonds is 6. The normalized spacial score (nSPS) is 11.7. The van der Waals surface area contributed by atoms with Gasteiger partial charge in [-0.15, -0.1) is 6.58 Å². The van der Waals surface area contributed by atoms with Gasteiger partial charge in [0.1, 0.15) is 5.75 Å². The van der Waals surface area contributed by atoms with Crippen molar-refractivity contribution in [3.63, 3.8) is 0 Å². The largest absolute Gasteiger partial charge is 0.506 e. The fraction of sp³-hybridized carbons (Fsp3) is 0.167. The smallest absolute Gasteiger partial charge is 0.338 e. The number of esters is 1. The summed E-state index contributed by atoms with van der Waals surface area (Å²) in [6, 6.07) is 14.2. The van der Waals surface area contributed by atoms with Crippen molar-refractivity contribution in [3.8, 4) is 5.75 Å². The Labute approximate surface area is 134 Å². The summed E-state index contributed by atoms with van der Waals surface area (Å²) < 4.78 is 5.25. The third kappa shape index (κ3) is 4.12. The predicted molar refractivity (Wildman–Crippen MR) is 87.4 cm³/mol. The number of halogens is 1. The third-order valence-electron chi connectivity index (χ3n) is 3.36. The van der Waals surface area contributed by atoms with Gasteiger partial charge in [0.15, 0.2) is 0 Å². The SMILES string of the molecule is C=CC(CCOC(=O)c1ccc(O)c(Cl)c1)c1ccccc1. The molecule has 1 N–H and O–H groups in total. The van der Waals surface area contributed by atoms with Crippen LogP contribution < -0.4 is 0 Å². The topological polar surface area (TPSA) is 46.5 Å². The van der Waals surface area contributed by atoms with E-state index in [1.807, 2.05) is 36.4 Å². The van der Waals surface area contributed by atoms with Crippen molar-refractivity contribution in [2.45, 2.75) is 12.3 Å². The number of carbonyl (C=O) groups is 1. The van der Waals surface area contributed by atoms with E-state index in [1.165, 1.54) is 18.2 Å². The first-order valence-electron chi connectivity index (χ1n) is 6.95. The number of phenols is 1. The molecule has 0 bridgehead atoms. The molecule has 1 unspecified atom stereocenters. The Balaban J connectivity index is 1.91. The van der Waals surface area contributed by atoms with E-state index in [4.69, 9.17) is 16.3 Å². The average Bonchev–Trinajstić information content (AvgIpc) is 2.54. The monoisotopic (exact) mass is 316 g/mol. The molecular formula is C18H17ClO3. The van der Waals surface area contributed by atoms with Crippen LogP contribution in [-0.2, 0) is 4.74 Å². The lowest BCUT2D eigenvalue weighted by atomic mass is 9.96. The zero-order chi connectivity index (χ0) is 15.9. The van der Waals surface area contributed by atoms with Crippen LogP contribution in [0.25, 0.3) is 0 Å². The first-order valence-corrected chi connectivity index (χ1v) is 7.32. The second-order valence-electron chi connectivity index (χ2n) is 4.84. The predicted octanol–water partition coefficient (Wildman–Crippen LogP) is 4.56. The van der Waals surface area contributed by atoms with E-state index in [2.05, 4.69) is 6.58 Å².